The van der Waals surface area contributed by atoms with Gasteiger partial charge in [-0.1, -0.05) is 6.07 Å². The Morgan fingerprint density at radius 3 is 2.41 bits per heavy atom. The normalized spacial score (nSPS) is 11.6. The van der Waals surface area contributed by atoms with Crippen LogP contribution in [0.15, 0.2) is 38.8 Å². The maximum atomic E-state index is 12.2. The van der Waals surface area contributed by atoms with Crippen molar-refractivity contribution in [2.75, 3.05) is 0 Å². The van der Waals surface area contributed by atoms with E-state index in [1.54, 1.807) is 18.4 Å². The van der Waals surface area contributed by atoms with Crippen LogP contribution in [0.25, 0.3) is 0 Å². The van der Waals surface area contributed by atoms with Gasteiger partial charge in [-0.25, -0.2) is 8.42 Å². The first-order chi connectivity index (χ1) is 7.93. The molecule has 1 aromatic heterocycles. The van der Waals surface area contributed by atoms with Crippen molar-refractivity contribution in [2.24, 2.45) is 0 Å². The number of aryl methyl sites for hydroxylation is 1. The lowest BCUT2D eigenvalue weighted by Crippen LogP contribution is -2.02. The summed E-state index contributed by atoms with van der Waals surface area (Å²) in [6.45, 7) is 1.57. The first-order valence-corrected chi connectivity index (χ1v) is 7.10. The van der Waals surface area contributed by atoms with Crippen molar-refractivity contribution in [2.45, 2.75) is 16.0 Å². The molecule has 0 aliphatic rings. The Balaban J connectivity index is 2.67. The highest BCUT2D eigenvalue weighted by Crippen LogP contribution is 2.34. The lowest BCUT2D eigenvalue weighted by atomic mass is 10.2. The fourth-order valence-electron chi connectivity index (χ4n) is 1.48. The predicted molar refractivity (Wildman–Crippen MR) is 64.3 cm³/mol. The van der Waals surface area contributed by atoms with E-state index in [4.69, 9.17) is 0 Å². The van der Waals surface area contributed by atoms with Crippen molar-refractivity contribution >= 4 is 21.2 Å². The molecular weight excluding hydrogens is 260 g/mol. The van der Waals surface area contributed by atoms with E-state index < -0.39 is 15.6 Å². The summed E-state index contributed by atoms with van der Waals surface area (Å²) in [6, 6.07) is 5.45. The summed E-state index contributed by atoms with van der Waals surface area (Å²) in [4.78, 5) is 0.00949. The van der Waals surface area contributed by atoms with Crippen LogP contribution in [-0.4, -0.2) is 18.6 Å². The summed E-state index contributed by atoms with van der Waals surface area (Å²) in [7, 11) is -3.62. The third-order valence-corrected chi connectivity index (χ3v) is 5.61. The average molecular weight is 270 g/mol. The fraction of sp³-hybridized carbons (Fsp3) is 0.0909. The van der Waals surface area contributed by atoms with Gasteiger partial charge in [0.1, 0.15) is 4.21 Å². The second-order valence-electron chi connectivity index (χ2n) is 3.54. The van der Waals surface area contributed by atoms with Crippen molar-refractivity contribution in [1.82, 2.24) is 0 Å². The van der Waals surface area contributed by atoms with E-state index in [1.165, 1.54) is 12.1 Å². The minimum atomic E-state index is -3.62. The number of hydrogen-bond donors (Lipinski definition) is 2. The maximum Gasteiger partial charge on any atom is 0.216 e. The number of rotatable bonds is 2. The van der Waals surface area contributed by atoms with Crippen LogP contribution in [0.2, 0.25) is 0 Å². The largest absolute Gasteiger partial charge is 0.504 e. The quantitative estimate of drug-likeness (QED) is 0.821. The molecule has 2 N–H and O–H groups in total. The Bertz CT molecular complexity index is 642. The van der Waals surface area contributed by atoms with Crippen LogP contribution in [0, 0.1) is 6.92 Å². The molecule has 4 nitrogen and oxygen atoms in total. The second kappa shape index (κ2) is 4.05. The minimum absolute atomic E-state index is 0.00949. The van der Waals surface area contributed by atoms with E-state index in [1.807, 2.05) is 0 Å². The van der Waals surface area contributed by atoms with Crippen molar-refractivity contribution in [3.05, 3.63) is 35.2 Å². The monoisotopic (exact) mass is 270 g/mol. The van der Waals surface area contributed by atoms with Gasteiger partial charge in [0.2, 0.25) is 9.84 Å². The van der Waals surface area contributed by atoms with Crippen LogP contribution in [0.5, 0.6) is 11.5 Å². The Hall–Kier alpha value is -1.53. The van der Waals surface area contributed by atoms with E-state index in [-0.39, 0.29) is 14.9 Å². The highest BCUT2D eigenvalue weighted by molar-refractivity contribution is 7.93. The topological polar surface area (TPSA) is 74.6 Å². The molecule has 0 atom stereocenters. The third kappa shape index (κ3) is 2.01. The van der Waals surface area contributed by atoms with Crippen LogP contribution in [0.1, 0.15) is 5.56 Å². The maximum absolute atomic E-state index is 12.2. The second-order valence-corrected chi connectivity index (χ2v) is 6.63. The lowest BCUT2D eigenvalue weighted by Gasteiger charge is -2.07. The average Bonchev–Trinajstić information content (AvgIpc) is 2.77. The lowest BCUT2D eigenvalue weighted by molar-refractivity contribution is 0.401. The van der Waals surface area contributed by atoms with Crippen LogP contribution in [-0.2, 0) is 9.84 Å². The first-order valence-electron chi connectivity index (χ1n) is 4.74. The first kappa shape index (κ1) is 11.9. The van der Waals surface area contributed by atoms with Gasteiger partial charge in [-0.3, -0.25) is 0 Å². The molecule has 0 unspecified atom stereocenters. The fourth-order valence-corrected chi connectivity index (χ4v) is 4.09. The summed E-state index contributed by atoms with van der Waals surface area (Å²) >= 11 is 1.11. The van der Waals surface area contributed by atoms with E-state index >= 15 is 0 Å². The Kier molecular flexibility index (Phi) is 2.84. The Labute approximate surface area is 103 Å². The molecule has 2 aromatic rings. The molecule has 0 radical (unpaired) electrons. The van der Waals surface area contributed by atoms with Gasteiger partial charge in [0.25, 0.3) is 0 Å². The molecule has 0 saturated carbocycles. The Morgan fingerprint density at radius 1 is 1.18 bits per heavy atom. The molecule has 6 heteroatoms. The molecule has 0 spiro atoms. The van der Waals surface area contributed by atoms with E-state index in [0.29, 0.717) is 5.56 Å². The van der Waals surface area contributed by atoms with Gasteiger partial charge in [0, 0.05) is 6.07 Å². The van der Waals surface area contributed by atoms with E-state index in [9.17, 15) is 18.6 Å². The van der Waals surface area contributed by atoms with E-state index in [0.717, 1.165) is 17.4 Å². The number of sulfone groups is 1. The van der Waals surface area contributed by atoms with Gasteiger partial charge in [0.15, 0.2) is 11.5 Å². The molecule has 0 bridgehead atoms. The molecule has 2 rings (SSSR count). The SMILES string of the molecule is Cc1cc(O)c(O)cc1S(=O)(=O)c1cccs1. The van der Waals surface area contributed by atoms with Crippen molar-refractivity contribution in [3.63, 3.8) is 0 Å². The molecule has 0 aliphatic carbocycles. The van der Waals surface area contributed by atoms with Crippen molar-refractivity contribution in [1.29, 1.82) is 0 Å². The standard InChI is InChI=1S/C11H10O4S2/c1-7-5-8(12)9(13)6-10(7)17(14,15)11-3-2-4-16-11/h2-6,12-13H,1H3. The highest BCUT2D eigenvalue weighted by Gasteiger charge is 2.22. The van der Waals surface area contributed by atoms with Crippen LogP contribution >= 0.6 is 11.3 Å². The minimum Gasteiger partial charge on any atom is -0.504 e. The van der Waals surface area contributed by atoms with Crippen molar-refractivity contribution < 1.29 is 18.6 Å². The molecule has 1 heterocycles. The number of phenols is 2. The molecule has 0 fully saturated rings. The summed E-state index contributed by atoms with van der Waals surface area (Å²) in [5.41, 5.74) is 0.397. The zero-order valence-corrected chi connectivity index (χ0v) is 10.5. The predicted octanol–water partition coefficient (Wildman–Crippen LogP) is 2.30. The summed E-state index contributed by atoms with van der Waals surface area (Å²) in [5.74, 6) is -0.765. The Morgan fingerprint density at radius 2 is 1.82 bits per heavy atom. The molecule has 90 valence electrons. The number of thiophene rings is 1. The molecule has 1 aromatic carbocycles. The van der Waals surface area contributed by atoms with Gasteiger partial charge < -0.3 is 10.2 Å². The van der Waals surface area contributed by atoms with Gasteiger partial charge in [-0.15, -0.1) is 11.3 Å². The number of phenolic OH excluding ortho intramolecular Hbond substituents is 2. The van der Waals surface area contributed by atoms with Gasteiger partial charge in [-0.2, -0.15) is 0 Å². The zero-order chi connectivity index (χ0) is 12.6. The summed E-state index contributed by atoms with van der Waals surface area (Å²) < 4.78 is 24.6. The van der Waals surface area contributed by atoms with E-state index in [2.05, 4.69) is 0 Å². The summed E-state index contributed by atoms with van der Waals surface area (Å²) in [6.07, 6.45) is 0. The zero-order valence-electron chi connectivity index (χ0n) is 8.91. The molecular formula is C11H10O4S2. The number of hydrogen-bond acceptors (Lipinski definition) is 5. The van der Waals surface area contributed by atoms with Crippen LogP contribution in [0.4, 0.5) is 0 Å². The molecule has 0 aliphatic heterocycles. The summed E-state index contributed by atoms with van der Waals surface area (Å²) in [5, 5.41) is 20.3. The third-order valence-electron chi connectivity index (χ3n) is 2.32. The van der Waals surface area contributed by atoms with Gasteiger partial charge in [-0.05, 0) is 30.0 Å². The van der Waals surface area contributed by atoms with Gasteiger partial charge >= 0.3 is 0 Å². The number of benzene rings is 1. The molecule has 0 amide bonds. The van der Waals surface area contributed by atoms with Gasteiger partial charge in [0.05, 0.1) is 4.90 Å². The number of aromatic hydroxyl groups is 2. The van der Waals surface area contributed by atoms with Crippen molar-refractivity contribution in [3.8, 4) is 11.5 Å². The smallest absolute Gasteiger partial charge is 0.216 e. The molecule has 0 saturated heterocycles. The van der Waals surface area contributed by atoms with Crippen LogP contribution in [0.3, 0.4) is 0 Å². The highest BCUT2D eigenvalue weighted by atomic mass is 32.2. The van der Waals surface area contributed by atoms with Crippen LogP contribution < -0.4 is 0 Å². The molecule has 17 heavy (non-hydrogen) atoms.